The summed E-state index contributed by atoms with van der Waals surface area (Å²) >= 11 is 0. The second kappa shape index (κ2) is 11.8. The van der Waals surface area contributed by atoms with Gasteiger partial charge in [-0.15, -0.1) is 0 Å². The molecule has 0 aliphatic rings. The van der Waals surface area contributed by atoms with Gasteiger partial charge in [0.2, 0.25) is 0 Å². The van der Waals surface area contributed by atoms with Gasteiger partial charge in [0.05, 0.1) is 13.2 Å². The monoisotopic (exact) mass is 382 g/mol. The predicted molar refractivity (Wildman–Crippen MR) is 115 cm³/mol. The third-order valence-corrected chi connectivity index (χ3v) is 4.34. The summed E-state index contributed by atoms with van der Waals surface area (Å²) in [6.07, 6.45) is 1.71. The lowest BCUT2D eigenvalue weighted by molar-refractivity contribution is 0.125. The van der Waals surface area contributed by atoms with Gasteiger partial charge in [0.25, 0.3) is 0 Å². The molecule has 0 aliphatic heterocycles. The molecular formula is C22H30N4O2. The highest BCUT2D eigenvalue weighted by molar-refractivity contribution is 6.03. The van der Waals surface area contributed by atoms with E-state index in [2.05, 4.69) is 34.8 Å². The molecule has 0 bridgehead atoms. The number of nitrogens with zero attached hydrogens (tertiary/aromatic N) is 1. The van der Waals surface area contributed by atoms with Crippen molar-refractivity contribution >= 4 is 17.7 Å². The van der Waals surface area contributed by atoms with Gasteiger partial charge in [-0.3, -0.25) is 10.3 Å². The summed E-state index contributed by atoms with van der Waals surface area (Å²) in [4.78, 5) is 16.5. The normalized spacial score (nSPS) is 11.2. The third-order valence-electron chi connectivity index (χ3n) is 4.34. The van der Waals surface area contributed by atoms with Crippen LogP contribution in [0.25, 0.3) is 0 Å². The van der Waals surface area contributed by atoms with E-state index in [1.165, 1.54) is 0 Å². The van der Waals surface area contributed by atoms with E-state index in [-0.39, 0.29) is 6.03 Å². The van der Waals surface area contributed by atoms with Gasteiger partial charge < -0.3 is 15.4 Å². The lowest BCUT2D eigenvalue weighted by atomic mass is 10.0. The zero-order valence-corrected chi connectivity index (χ0v) is 16.9. The smallest absolute Gasteiger partial charge is 0.326 e. The molecule has 2 amide bonds. The van der Waals surface area contributed by atoms with Crippen molar-refractivity contribution in [1.29, 1.82) is 0 Å². The number of benzene rings is 2. The van der Waals surface area contributed by atoms with Gasteiger partial charge >= 0.3 is 6.03 Å². The van der Waals surface area contributed by atoms with E-state index < -0.39 is 0 Å². The average molecular weight is 383 g/mol. The van der Waals surface area contributed by atoms with Crippen LogP contribution in [0.3, 0.4) is 0 Å². The van der Waals surface area contributed by atoms with Crippen molar-refractivity contribution in [3.8, 4) is 0 Å². The molecule has 0 unspecified atom stereocenters. The Kier molecular flexibility index (Phi) is 9.01. The largest absolute Gasteiger partial charge is 0.375 e. The summed E-state index contributed by atoms with van der Waals surface area (Å²) < 4.78 is 5.63. The summed E-state index contributed by atoms with van der Waals surface area (Å²) in [5.74, 6) is 0.410. The Labute approximate surface area is 167 Å². The van der Waals surface area contributed by atoms with Crippen molar-refractivity contribution in [1.82, 2.24) is 10.6 Å². The molecule has 0 fully saturated rings. The van der Waals surface area contributed by atoms with Crippen LogP contribution >= 0.6 is 0 Å². The number of carbonyl (C=O) groups excluding carboxylic acids is 1. The van der Waals surface area contributed by atoms with Gasteiger partial charge in [-0.05, 0) is 29.5 Å². The van der Waals surface area contributed by atoms with Crippen molar-refractivity contribution in [2.45, 2.75) is 33.3 Å². The summed E-state index contributed by atoms with van der Waals surface area (Å²) in [5.41, 5.74) is 4.25. The summed E-state index contributed by atoms with van der Waals surface area (Å²) in [7, 11) is 1.63. The number of amides is 2. The van der Waals surface area contributed by atoms with Crippen LogP contribution in [0.1, 0.15) is 30.5 Å². The Hall–Kier alpha value is -2.86. The van der Waals surface area contributed by atoms with Crippen LogP contribution in [0.5, 0.6) is 0 Å². The fourth-order valence-corrected chi connectivity index (χ4v) is 2.84. The van der Waals surface area contributed by atoms with Crippen LogP contribution in [-0.4, -0.2) is 32.2 Å². The Bertz CT molecular complexity index is 753. The van der Waals surface area contributed by atoms with Crippen molar-refractivity contribution in [2.75, 3.05) is 25.5 Å². The average Bonchev–Trinajstić information content (AvgIpc) is 2.73. The minimum absolute atomic E-state index is 0.311. The summed E-state index contributed by atoms with van der Waals surface area (Å²) in [6.45, 7) is 5.77. The second-order valence-electron chi connectivity index (χ2n) is 6.27. The molecule has 0 heterocycles. The highest BCUT2D eigenvalue weighted by Crippen LogP contribution is 2.22. The van der Waals surface area contributed by atoms with Gasteiger partial charge in [0, 0.05) is 19.3 Å². The Balaban J connectivity index is 1.79. The zero-order chi connectivity index (χ0) is 20.2. The highest BCUT2D eigenvalue weighted by atomic mass is 16.5. The second-order valence-corrected chi connectivity index (χ2v) is 6.27. The van der Waals surface area contributed by atoms with Crippen LogP contribution in [0.2, 0.25) is 0 Å². The van der Waals surface area contributed by atoms with Crippen LogP contribution in [0.15, 0.2) is 53.5 Å². The number of carbonyl (C=O) groups is 1. The first-order valence-electron chi connectivity index (χ1n) is 9.69. The van der Waals surface area contributed by atoms with Crippen molar-refractivity contribution in [3.63, 3.8) is 0 Å². The molecule has 2 aromatic carbocycles. The van der Waals surface area contributed by atoms with E-state index in [4.69, 9.17) is 4.74 Å². The molecule has 0 saturated heterocycles. The highest BCUT2D eigenvalue weighted by Gasteiger charge is 2.11. The number of anilines is 1. The van der Waals surface area contributed by atoms with E-state index in [9.17, 15) is 4.79 Å². The maximum atomic E-state index is 12.4. The summed E-state index contributed by atoms with van der Waals surface area (Å²) in [5, 5.41) is 8.81. The molecule has 6 heteroatoms. The van der Waals surface area contributed by atoms with Crippen LogP contribution in [0, 0.1) is 0 Å². The minimum Gasteiger partial charge on any atom is -0.375 e. The number of ether oxygens (including phenoxy) is 1. The van der Waals surface area contributed by atoms with Gasteiger partial charge in [0.15, 0.2) is 5.96 Å². The maximum absolute atomic E-state index is 12.4. The van der Waals surface area contributed by atoms with Gasteiger partial charge in [-0.25, -0.2) is 4.79 Å². The lowest BCUT2D eigenvalue weighted by Crippen LogP contribution is -2.44. The first kappa shape index (κ1) is 21.4. The summed E-state index contributed by atoms with van der Waals surface area (Å²) in [6, 6.07) is 15.8. The quantitative estimate of drug-likeness (QED) is 0.370. The van der Waals surface area contributed by atoms with E-state index in [0.717, 1.165) is 35.2 Å². The van der Waals surface area contributed by atoms with Crippen LogP contribution in [0.4, 0.5) is 10.5 Å². The van der Waals surface area contributed by atoms with E-state index in [1.54, 1.807) is 7.05 Å². The SMILES string of the molecule is CCc1cccc(CC)c1NC(=O)NC(=NC)NCCOCc1ccccc1. The lowest BCUT2D eigenvalue weighted by Gasteiger charge is -2.16. The number of urea groups is 1. The molecule has 2 aromatic rings. The van der Waals surface area contributed by atoms with Gasteiger partial charge in [-0.2, -0.15) is 0 Å². The Morgan fingerprint density at radius 2 is 1.68 bits per heavy atom. The van der Waals surface area contributed by atoms with Crippen molar-refractivity contribution in [2.24, 2.45) is 4.99 Å². The van der Waals surface area contributed by atoms with Gasteiger partial charge in [-0.1, -0.05) is 62.4 Å². The predicted octanol–water partition coefficient (Wildman–Crippen LogP) is 3.73. The Morgan fingerprint density at radius 3 is 2.29 bits per heavy atom. The number of hydrogen-bond acceptors (Lipinski definition) is 3. The number of aliphatic imine (C=N–C) groups is 1. The molecule has 6 nitrogen and oxygen atoms in total. The standard InChI is InChI=1S/C22H30N4O2/c1-4-18-12-9-13-19(5-2)20(18)25-22(27)26-21(23-3)24-14-15-28-16-17-10-7-6-8-11-17/h6-13H,4-5,14-16H2,1-3H3,(H3,23,24,25,26,27). The maximum Gasteiger partial charge on any atom is 0.326 e. The molecule has 0 radical (unpaired) electrons. The molecule has 0 saturated carbocycles. The van der Waals surface area contributed by atoms with Crippen molar-refractivity contribution in [3.05, 3.63) is 65.2 Å². The number of guanidine groups is 1. The van der Waals surface area contributed by atoms with Crippen LogP contribution < -0.4 is 16.0 Å². The number of para-hydroxylation sites is 1. The Morgan fingerprint density at radius 1 is 1.00 bits per heavy atom. The molecule has 150 valence electrons. The van der Waals surface area contributed by atoms with Crippen molar-refractivity contribution < 1.29 is 9.53 Å². The van der Waals surface area contributed by atoms with E-state index in [0.29, 0.717) is 25.7 Å². The fourth-order valence-electron chi connectivity index (χ4n) is 2.84. The van der Waals surface area contributed by atoms with Gasteiger partial charge in [0.1, 0.15) is 0 Å². The first-order chi connectivity index (χ1) is 13.7. The zero-order valence-electron chi connectivity index (χ0n) is 16.9. The number of nitrogens with one attached hydrogen (secondary N) is 3. The topological polar surface area (TPSA) is 74.8 Å². The molecule has 0 atom stereocenters. The minimum atomic E-state index is -0.311. The molecular weight excluding hydrogens is 352 g/mol. The first-order valence-corrected chi connectivity index (χ1v) is 9.69. The molecule has 0 spiro atoms. The number of aryl methyl sites for hydroxylation is 2. The van der Waals surface area contributed by atoms with E-state index >= 15 is 0 Å². The van der Waals surface area contributed by atoms with E-state index in [1.807, 2.05) is 48.5 Å². The number of hydrogen-bond donors (Lipinski definition) is 3. The molecule has 0 aliphatic carbocycles. The molecule has 3 N–H and O–H groups in total. The number of rotatable bonds is 8. The molecule has 28 heavy (non-hydrogen) atoms. The molecule has 2 rings (SSSR count). The molecule has 0 aromatic heterocycles. The third kappa shape index (κ3) is 6.70. The fraction of sp³-hybridized carbons (Fsp3) is 0.364. The van der Waals surface area contributed by atoms with Crippen LogP contribution in [-0.2, 0) is 24.2 Å².